The van der Waals surface area contributed by atoms with Crippen LogP contribution in [-0.2, 0) is 4.79 Å². The molecule has 1 heterocycles. The Morgan fingerprint density at radius 3 is 2.57 bits per heavy atom. The van der Waals surface area contributed by atoms with Crippen molar-refractivity contribution in [2.75, 3.05) is 31.6 Å². The van der Waals surface area contributed by atoms with Gasteiger partial charge in [-0.2, -0.15) is 0 Å². The molecule has 1 aliphatic rings. The molecule has 2 N–H and O–H groups in total. The Labute approximate surface area is 126 Å². The van der Waals surface area contributed by atoms with Crippen molar-refractivity contribution in [2.45, 2.75) is 20.8 Å². The lowest BCUT2D eigenvalue weighted by molar-refractivity contribution is -0.120. The van der Waals surface area contributed by atoms with E-state index in [2.05, 4.69) is 17.6 Å². The van der Waals surface area contributed by atoms with E-state index < -0.39 is 0 Å². The molecule has 21 heavy (non-hydrogen) atoms. The third-order valence-corrected chi connectivity index (χ3v) is 3.67. The number of rotatable bonds is 6. The zero-order chi connectivity index (χ0) is 15.2. The lowest BCUT2D eigenvalue weighted by Crippen LogP contribution is -2.27. The molecule has 1 aliphatic heterocycles. The third-order valence-electron chi connectivity index (χ3n) is 3.67. The van der Waals surface area contributed by atoms with Gasteiger partial charge in [-0.3, -0.25) is 4.79 Å². The Bertz CT molecular complexity index is 490. The first-order chi connectivity index (χ1) is 10.2. The predicted octanol–water partition coefficient (Wildman–Crippen LogP) is 2.28. The van der Waals surface area contributed by atoms with E-state index in [9.17, 15) is 4.79 Å². The number of hydrogen-bond donors (Lipinski definition) is 2. The maximum atomic E-state index is 12.3. The number of ether oxygens (including phenoxy) is 2. The van der Waals surface area contributed by atoms with Crippen LogP contribution in [0.15, 0.2) is 18.2 Å². The molecule has 1 amide bonds. The van der Waals surface area contributed by atoms with Gasteiger partial charge in [0.15, 0.2) is 11.5 Å². The number of amides is 1. The highest BCUT2D eigenvalue weighted by atomic mass is 16.5. The van der Waals surface area contributed by atoms with Crippen LogP contribution in [0.1, 0.15) is 20.8 Å². The molecule has 0 aromatic heterocycles. The van der Waals surface area contributed by atoms with Crippen molar-refractivity contribution in [2.24, 2.45) is 11.8 Å². The fourth-order valence-electron chi connectivity index (χ4n) is 2.52. The van der Waals surface area contributed by atoms with Gasteiger partial charge in [-0.1, -0.05) is 6.92 Å². The van der Waals surface area contributed by atoms with E-state index in [4.69, 9.17) is 9.47 Å². The first kappa shape index (κ1) is 15.6. The number of nitrogens with one attached hydrogen (secondary N) is 2. The van der Waals surface area contributed by atoms with Crippen LogP contribution in [0.5, 0.6) is 11.5 Å². The summed E-state index contributed by atoms with van der Waals surface area (Å²) in [6.07, 6.45) is 0. The summed E-state index contributed by atoms with van der Waals surface area (Å²) < 4.78 is 11.1. The van der Waals surface area contributed by atoms with Crippen molar-refractivity contribution in [1.82, 2.24) is 5.32 Å². The van der Waals surface area contributed by atoms with Crippen molar-refractivity contribution in [3.05, 3.63) is 18.2 Å². The number of carbonyl (C=O) groups is 1. The Hall–Kier alpha value is -1.75. The van der Waals surface area contributed by atoms with E-state index in [0.29, 0.717) is 30.6 Å². The summed E-state index contributed by atoms with van der Waals surface area (Å²) in [6.45, 7) is 8.72. The van der Waals surface area contributed by atoms with Crippen molar-refractivity contribution >= 4 is 11.6 Å². The van der Waals surface area contributed by atoms with E-state index in [1.165, 1.54) is 0 Å². The molecule has 0 spiro atoms. The second kappa shape index (κ2) is 7.31. The van der Waals surface area contributed by atoms with Crippen LogP contribution in [-0.4, -0.2) is 32.2 Å². The van der Waals surface area contributed by atoms with Crippen LogP contribution in [0.2, 0.25) is 0 Å². The number of carbonyl (C=O) groups excluding carboxylic acids is 1. The largest absolute Gasteiger partial charge is 0.490 e. The summed E-state index contributed by atoms with van der Waals surface area (Å²) in [5.74, 6) is 1.80. The molecular formula is C16H24N2O3. The SMILES string of the molecule is CCOc1ccc(NC(=O)C2CNCC2C)cc1OCC. The van der Waals surface area contributed by atoms with Crippen LogP contribution < -0.4 is 20.1 Å². The molecule has 2 unspecified atom stereocenters. The van der Waals surface area contributed by atoms with Gasteiger partial charge in [0, 0.05) is 18.3 Å². The van der Waals surface area contributed by atoms with E-state index in [0.717, 1.165) is 18.8 Å². The van der Waals surface area contributed by atoms with Gasteiger partial charge >= 0.3 is 0 Å². The van der Waals surface area contributed by atoms with Gasteiger partial charge in [0.25, 0.3) is 0 Å². The number of hydrogen-bond acceptors (Lipinski definition) is 4. The molecule has 116 valence electrons. The third kappa shape index (κ3) is 3.88. The minimum absolute atomic E-state index is 0.0205. The van der Waals surface area contributed by atoms with E-state index >= 15 is 0 Å². The minimum Gasteiger partial charge on any atom is -0.490 e. The average molecular weight is 292 g/mol. The Morgan fingerprint density at radius 2 is 1.95 bits per heavy atom. The molecule has 0 radical (unpaired) electrons. The summed E-state index contributed by atoms with van der Waals surface area (Å²) in [7, 11) is 0. The highest BCUT2D eigenvalue weighted by molar-refractivity contribution is 5.93. The number of benzene rings is 1. The van der Waals surface area contributed by atoms with Crippen LogP contribution in [0, 0.1) is 11.8 Å². The summed E-state index contributed by atoms with van der Waals surface area (Å²) in [6, 6.07) is 5.50. The molecule has 0 saturated carbocycles. The topological polar surface area (TPSA) is 59.6 Å². The lowest BCUT2D eigenvalue weighted by Gasteiger charge is -2.16. The van der Waals surface area contributed by atoms with Gasteiger partial charge in [-0.15, -0.1) is 0 Å². The second-order valence-corrected chi connectivity index (χ2v) is 5.26. The summed E-state index contributed by atoms with van der Waals surface area (Å²) in [5.41, 5.74) is 0.742. The molecule has 1 aromatic rings. The van der Waals surface area contributed by atoms with Crippen LogP contribution in [0.3, 0.4) is 0 Å². The summed E-state index contributed by atoms with van der Waals surface area (Å²) >= 11 is 0. The maximum absolute atomic E-state index is 12.3. The van der Waals surface area contributed by atoms with Gasteiger partial charge < -0.3 is 20.1 Å². The van der Waals surface area contributed by atoms with E-state index in [1.54, 1.807) is 0 Å². The molecule has 1 saturated heterocycles. The van der Waals surface area contributed by atoms with Gasteiger partial charge in [0.1, 0.15) is 0 Å². The van der Waals surface area contributed by atoms with Gasteiger partial charge in [0.2, 0.25) is 5.91 Å². The van der Waals surface area contributed by atoms with Crippen molar-refractivity contribution in [3.63, 3.8) is 0 Å². The predicted molar refractivity (Wildman–Crippen MR) is 82.9 cm³/mol. The zero-order valence-corrected chi connectivity index (χ0v) is 12.9. The zero-order valence-electron chi connectivity index (χ0n) is 12.9. The van der Waals surface area contributed by atoms with Crippen molar-refractivity contribution in [3.8, 4) is 11.5 Å². The molecule has 0 aliphatic carbocycles. The highest BCUT2D eigenvalue weighted by Crippen LogP contribution is 2.31. The minimum atomic E-state index is 0.0205. The van der Waals surface area contributed by atoms with Gasteiger partial charge in [0.05, 0.1) is 19.1 Å². The summed E-state index contributed by atoms with van der Waals surface area (Å²) in [4.78, 5) is 12.3. The van der Waals surface area contributed by atoms with Crippen LogP contribution in [0.25, 0.3) is 0 Å². The quantitative estimate of drug-likeness (QED) is 0.844. The normalized spacial score (nSPS) is 21.1. The van der Waals surface area contributed by atoms with E-state index in [-0.39, 0.29) is 11.8 Å². The Kier molecular flexibility index (Phi) is 5.44. The van der Waals surface area contributed by atoms with E-state index in [1.807, 2.05) is 32.0 Å². The molecule has 0 bridgehead atoms. The molecule has 2 atom stereocenters. The average Bonchev–Trinajstić information content (AvgIpc) is 2.88. The first-order valence-corrected chi connectivity index (χ1v) is 7.56. The van der Waals surface area contributed by atoms with Crippen molar-refractivity contribution in [1.29, 1.82) is 0 Å². The fourth-order valence-corrected chi connectivity index (χ4v) is 2.52. The maximum Gasteiger partial charge on any atom is 0.229 e. The Balaban J connectivity index is 2.09. The van der Waals surface area contributed by atoms with Crippen LogP contribution >= 0.6 is 0 Å². The smallest absolute Gasteiger partial charge is 0.229 e. The number of anilines is 1. The van der Waals surface area contributed by atoms with Crippen molar-refractivity contribution < 1.29 is 14.3 Å². The molecule has 5 nitrogen and oxygen atoms in total. The Morgan fingerprint density at radius 1 is 1.24 bits per heavy atom. The fraction of sp³-hybridized carbons (Fsp3) is 0.562. The standard InChI is InChI=1S/C16H24N2O3/c1-4-20-14-7-6-12(8-15(14)21-5-2)18-16(19)13-10-17-9-11(13)3/h6-8,11,13,17H,4-5,9-10H2,1-3H3,(H,18,19). The monoisotopic (exact) mass is 292 g/mol. The van der Waals surface area contributed by atoms with Gasteiger partial charge in [-0.25, -0.2) is 0 Å². The van der Waals surface area contributed by atoms with Gasteiger partial charge in [-0.05, 0) is 38.4 Å². The first-order valence-electron chi connectivity index (χ1n) is 7.56. The highest BCUT2D eigenvalue weighted by Gasteiger charge is 2.29. The molecule has 1 fully saturated rings. The molecular weight excluding hydrogens is 268 g/mol. The van der Waals surface area contributed by atoms with Crippen LogP contribution in [0.4, 0.5) is 5.69 Å². The molecule has 5 heteroatoms. The molecule has 2 rings (SSSR count). The second-order valence-electron chi connectivity index (χ2n) is 5.26. The summed E-state index contributed by atoms with van der Waals surface area (Å²) in [5, 5.41) is 6.21. The molecule has 1 aromatic carbocycles. The lowest BCUT2D eigenvalue weighted by atomic mass is 9.97.